The molecule has 0 aromatic heterocycles. The molecule has 18 heavy (non-hydrogen) atoms. The Kier molecular flexibility index (Phi) is 3.67. The first-order valence-electron chi connectivity index (χ1n) is 5.05. The number of rotatable bonds is 2. The highest BCUT2D eigenvalue weighted by Crippen LogP contribution is 2.40. The number of nitriles is 1. The van der Waals surface area contributed by atoms with Crippen LogP contribution in [0.3, 0.4) is 0 Å². The highest BCUT2D eigenvalue weighted by molar-refractivity contribution is 5.34. The summed E-state index contributed by atoms with van der Waals surface area (Å²) >= 11 is 0. The SMILES string of the molecule is CC(C)(C#N)C(O)c1ccc(F)cc1C(F)(F)F. The second-order valence-electron chi connectivity index (χ2n) is 4.47. The Morgan fingerprint density at radius 3 is 2.28 bits per heavy atom. The minimum Gasteiger partial charge on any atom is -0.387 e. The molecule has 6 heteroatoms. The van der Waals surface area contributed by atoms with E-state index >= 15 is 0 Å². The van der Waals surface area contributed by atoms with Crippen LogP contribution in [0.1, 0.15) is 31.1 Å². The van der Waals surface area contributed by atoms with Crippen molar-refractivity contribution >= 4 is 0 Å². The van der Waals surface area contributed by atoms with Crippen LogP contribution in [0.25, 0.3) is 0 Å². The molecule has 2 nitrogen and oxygen atoms in total. The van der Waals surface area contributed by atoms with Gasteiger partial charge in [0.25, 0.3) is 0 Å². The smallest absolute Gasteiger partial charge is 0.387 e. The van der Waals surface area contributed by atoms with E-state index in [0.29, 0.717) is 6.07 Å². The molecule has 1 unspecified atom stereocenters. The van der Waals surface area contributed by atoms with Crippen molar-refractivity contribution in [2.45, 2.75) is 26.1 Å². The lowest BCUT2D eigenvalue weighted by atomic mass is 9.82. The zero-order valence-corrected chi connectivity index (χ0v) is 9.72. The Morgan fingerprint density at radius 2 is 1.83 bits per heavy atom. The molecule has 0 heterocycles. The maximum atomic E-state index is 12.9. The summed E-state index contributed by atoms with van der Waals surface area (Å²) in [6.07, 6.45) is -6.44. The highest BCUT2D eigenvalue weighted by Gasteiger charge is 2.39. The molecule has 1 aromatic rings. The molecule has 0 aliphatic carbocycles. The van der Waals surface area contributed by atoms with Crippen LogP contribution in [0.15, 0.2) is 18.2 Å². The fraction of sp³-hybridized carbons (Fsp3) is 0.417. The maximum absolute atomic E-state index is 12.9. The molecule has 98 valence electrons. The van der Waals surface area contributed by atoms with E-state index in [2.05, 4.69) is 0 Å². The third-order valence-corrected chi connectivity index (χ3v) is 2.59. The normalized spacial score (nSPS) is 14.1. The number of aliphatic hydroxyl groups is 1. The zero-order chi connectivity index (χ0) is 14.1. The Bertz CT molecular complexity index is 488. The van der Waals surface area contributed by atoms with Gasteiger partial charge < -0.3 is 5.11 Å². The van der Waals surface area contributed by atoms with Gasteiger partial charge in [-0.25, -0.2) is 4.39 Å². The van der Waals surface area contributed by atoms with E-state index in [1.807, 2.05) is 0 Å². The van der Waals surface area contributed by atoms with Gasteiger partial charge in [-0.2, -0.15) is 18.4 Å². The fourth-order valence-corrected chi connectivity index (χ4v) is 1.46. The van der Waals surface area contributed by atoms with Crippen LogP contribution in [-0.2, 0) is 6.18 Å². The van der Waals surface area contributed by atoms with Crippen molar-refractivity contribution < 1.29 is 22.7 Å². The molecular formula is C12H11F4NO. The molecule has 0 saturated carbocycles. The van der Waals surface area contributed by atoms with E-state index in [9.17, 15) is 22.7 Å². The molecule has 1 aromatic carbocycles. The van der Waals surface area contributed by atoms with E-state index in [0.717, 1.165) is 12.1 Å². The van der Waals surface area contributed by atoms with Crippen LogP contribution in [0.4, 0.5) is 17.6 Å². The lowest BCUT2D eigenvalue weighted by Crippen LogP contribution is -2.23. The lowest BCUT2D eigenvalue weighted by molar-refractivity contribution is -0.139. The van der Waals surface area contributed by atoms with Gasteiger partial charge in [0.1, 0.15) is 5.82 Å². The van der Waals surface area contributed by atoms with E-state index in [-0.39, 0.29) is 0 Å². The Balaban J connectivity index is 3.39. The van der Waals surface area contributed by atoms with Crippen molar-refractivity contribution in [3.05, 3.63) is 35.1 Å². The van der Waals surface area contributed by atoms with Gasteiger partial charge in [-0.3, -0.25) is 0 Å². The van der Waals surface area contributed by atoms with Crippen molar-refractivity contribution in [1.82, 2.24) is 0 Å². The van der Waals surface area contributed by atoms with Gasteiger partial charge in [0.15, 0.2) is 0 Å². The standard InChI is InChI=1S/C12H11F4NO/c1-11(2,6-17)10(18)8-4-3-7(13)5-9(8)12(14,15)16/h3-5,10,18H,1-2H3. The van der Waals surface area contributed by atoms with Gasteiger partial charge in [-0.15, -0.1) is 0 Å². The van der Waals surface area contributed by atoms with Crippen molar-refractivity contribution in [3.63, 3.8) is 0 Å². The summed E-state index contributed by atoms with van der Waals surface area (Å²) in [4.78, 5) is 0. The van der Waals surface area contributed by atoms with Crippen molar-refractivity contribution in [3.8, 4) is 6.07 Å². The molecule has 1 rings (SSSR count). The number of aliphatic hydroxyl groups excluding tert-OH is 1. The number of alkyl halides is 3. The Labute approximate surface area is 101 Å². The second kappa shape index (κ2) is 4.58. The number of hydrogen-bond donors (Lipinski definition) is 1. The van der Waals surface area contributed by atoms with E-state index in [4.69, 9.17) is 5.26 Å². The minimum atomic E-state index is -4.79. The summed E-state index contributed by atoms with van der Waals surface area (Å²) in [6.45, 7) is 2.61. The molecular weight excluding hydrogens is 250 g/mol. The molecule has 0 aliphatic heterocycles. The first-order valence-corrected chi connectivity index (χ1v) is 5.05. The van der Waals surface area contributed by atoms with Crippen LogP contribution < -0.4 is 0 Å². The molecule has 0 amide bonds. The minimum absolute atomic E-state index is 0.312. The van der Waals surface area contributed by atoms with Gasteiger partial charge in [0.05, 0.1) is 23.2 Å². The van der Waals surface area contributed by atoms with Gasteiger partial charge >= 0.3 is 6.18 Å². The number of halogens is 4. The van der Waals surface area contributed by atoms with Crippen LogP contribution in [0.5, 0.6) is 0 Å². The first kappa shape index (κ1) is 14.5. The summed E-state index contributed by atoms with van der Waals surface area (Å²) < 4.78 is 51.0. The zero-order valence-electron chi connectivity index (χ0n) is 9.72. The van der Waals surface area contributed by atoms with Gasteiger partial charge in [-0.05, 0) is 31.5 Å². The summed E-state index contributed by atoms with van der Waals surface area (Å²) in [5.74, 6) is -1.05. The van der Waals surface area contributed by atoms with Crippen LogP contribution >= 0.6 is 0 Å². The molecule has 0 aliphatic rings. The van der Waals surface area contributed by atoms with Crippen LogP contribution in [0, 0.1) is 22.6 Å². The maximum Gasteiger partial charge on any atom is 0.416 e. The topological polar surface area (TPSA) is 44.0 Å². The predicted molar refractivity (Wildman–Crippen MR) is 55.8 cm³/mol. The third-order valence-electron chi connectivity index (χ3n) is 2.59. The molecule has 1 N–H and O–H groups in total. The molecule has 1 atom stereocenters. The van der Waals surface area contributed by atoms with Crippen molar-refractivity contribution in [2.24, 2.45) is 5.41 Å². The largest absolute Gasteiger partial charge is 0.416 e. The summed E-state index contributed by atoms with van der Waals surface area (Å²) in [5.41, 5.74) is -3.17. The third kappa shape index (κ3) is 2.79. The van der Waals surface area contributed by atoms with Crippen molar-refractivity contribution in [1.29, 1.82) is 5.26 Å². The van der Waals surface area contributed by atoms with Crippen molar-refractivity contribution in [2.75, 3.05) is 0 Å². The summed E-state index contributed by atoms with van der Waals surface area (Å²) in [7, 11) is 0. The van der Waals surface area contributed by atoms with Gasteiger partial charge in [0, 0.05) is 0 Å². The monoisotopic (exact) mass is 261 g/mol. The van der Waals surface area contributed by atoms with E-state index in [1.165, 1.54) is 13.8 Å². The Hall–Kier alpha value is -1.61. The molecule has 0 bridgehead atoms. The first-order chi connectivity index (χ1) is 8.09. The molecule has 0 fully saturated rings. The predicted octanol–water partition coefficient (Wildman–Crippen LogP) is 3.43. The second-order valence-corrected chi connectivity index (χ2v) is 4.47. The average molecular weight is 261 g/mol. The van der Waals surface area contributed by atoms with Gasteiger partial charge in [-0.1, -0.05) is 6.07 Å². The number of hydrogen-bond acceptors (Lipinski definition) is 2. The van der Waals surface area contributed by atoms with Crippen LogP contribution in [0.2, 0.25) is 0 Å². The van der Waals surface area contributed by atoms with Crippen LogP contribution in [-0.4, -0.2) is 5.11 Å². The van der Waals surface area contributed by atoms with Gasteiger partial charge in [0.2, 0.25) is 0 Å². The average Bonchev–Trinajstić information content (AvgIpc) is 2.27. The number of nitrogens with zero attached hydrogens (tertiary/aromatic N) is 1. The van der Waals surface area contributed by atoms with E-state index < -0.39 is 34.6 Å². The molecule has 0 saturated heterocycles. The summed E-state index contributed by atoms with van der Waals surface area (Å²) in [5, 5.41) is 18.6. The quantitative estimate of drug-likeness (QED) is 0.829. The summed E-state index contributed by atoms with van der Waals surface area (Å²) in [6, 6.07) is 3.70. The molecule has 0 spiro atoms. The molecule has 0 radical (unpaired) electrons. The fourth-order valence-electron chi connectivity index (χ4n) is 1.46. The highest BCUT2D eigenvalue weighted by atomic mass is 19.4. The Morgan fingerprint density at radius 1 is 1.28 bits per heavy atom. The number of benzene rings is 1. The van der Waals surface area contributed by atoms with E-state index in [1.54, 1.807) is 6.07 Å². The lowest BCUT2D eigenvalue weighted by Gasteiger charge is -2.26.